The molecule has 0 spiro atoms. The van der Waals surface area contributed by atoms with Gasteiger partial charge in [-0.25, -0.2) is 0 Å². The second-order valence-corrected chi connectivity index (χ2v) is 6.06. The third-order valence-corrected chi connectivity index (χ3v) is 4.50. The van der Waals surface area contributed by atoms with Gasteiger partial charge >= 0.3 is 0 Å². The van der Waals surface area contributed by atoms with Gasteiger partial charge in [0.1, 0.15) is 5.75 Å². The van der Waals surface area contributed by atoms with Crippen LogP contribution in [-0.2, 0) is 4.79 Å². The highest BCUT2D eigenvalue weighted by Crippen LogP contribution is 2.48. The fourth-order valence-electron chi connectivity index (χ4n) is 3.13. The van der Waals surface area contributed by atoms with Crippen LogP contribution >= 0.6 is 0 Å². The van der Waals surface area contributed by atoms with Crippen LogP contribution in [0.25, 0.3) is 10.8 Å². The van der Waals surface area contributed by atoms with Crippen molar-refractivity contribution in [3.63, 3.8) is 0 Å². The van der Waals surface area contributed by atoms with Crippen molar-refractivity contribution in [2.24, 2.45) is 5.92 Å². The van der Waals surface area contributed by atoms with Gasteiger partial charge in [0.05, 0.1) is 0 Å². The normalized spacial score (nSPS) is 19.5. The lowest BCUT2D eigenvalue weighted by Gasteiger charge is -2.08. The molecule has 3 heteroatoms. The number of aromatic hydroxyl groups is 1. The maximum Gasteiger partial charge on any atom is 0.228 e. The van der Waals surface area contributed by atoms with Crippen molar-refractivity contribution in [3.8, 4) is 5.75 Å². The van der Waals surface area contributed by atoms with E-state index in [2.05, 4.69) is 5.32 Å². The molecule has 2 N–H and O–H groups in total. The van der Waals surface area contributed by atoms with E-state index in [4.69, 9.17) is 0 Å². The van der Waals surface area contributed by atoms with Crippen molar-refractivity contribution in [1.82, 2.24) is 0 Å². The summed E-state index contributed by atoms with van der Waals surface area (Å²) in [6.07, 6.45) is 0.862. The Balaban J connectivity index is 1.51. The summed E-state index contributed by atoms with van der Waals surface area (Å²) in [4.78, 5) is 12.5. The summed E-state index contributed by atoms with van der Waals surface area (Å²) >= 11 is 0. The van der Waals surface area contributed by atoms with Crippen molar-refractivity contribution in [3.05, 3.63) is 72.3 Å². The molecule has 0 radical (unpaired) electrons. The molecule has 4 rings (SSSR count). The monoisotopic (exact) mass is 303 g/mol. The first-order valence-corrected chi connectivity index (χ1v) is 7.80. The van der Waals surface area contributed by atoms with Crippen LogP contribution in [0.3, 0.4) is 0 Å². The standard InChI is InChI=1S/C20H17NO2/c22-15-10-8-14(9-11-15)17-12-18(17)20(23)21-19-7-3-5-13-4-1-2-6-16(13)19/h1-11,17-18,22H,12H2,(H,21,23). The summed E-state index contributed by atoms with van der Waals surface area (Å²) in [6.45, 7) is 0. The molecule has 1 fully saturated rings. The minimum atomic E-state index is 0.0125. The van der Waals surface area contributed by atoms with Crippen molar-refractivity contribution in [1.29, 1.82) is 0 Å². The molecule has 2 unspecified atom stereocenters. The van der Waals surface area contributed by atoms with E-state index >= 15 is 0 Å². The van der Waals surface area contributed by atoms with Gasteiger partial charge in [-0.1, -0.05) is 48.5 Å². The zero-order valence-corrected chi connectivity index (χ0v) is 12.6. The Morgan fingerprint density at radius 2 is 1.70 bits per heavy atom. The molecule has 0 aromatic heterocycles. The Hall–Kier alpha value is -2.81. The molecule has 0 bridgehead atoms. The van der Waals surface area contributed by atoms with Crippen molar-refractivity contribution < 1.29 is 9.90 Å². The van der Waals surface area contributed by atoms with Gasteiger partial charge in [-0.15, -0.1) is 0 Å². The van der Waals surface area contributed by atoms with Crippen molar-refractivity contribution in [2.75, 3.05) is 5.32 Å². The number of phenols is 1. The Kier molecular flexibility index (Phi) is 3.27. The molecule has 3 nitrogen and oxygen atoms in total. The largest absolute Gasteiger partial charge is 0.508 e. The predicted molar refractivity (Wildman–Crippen MR) is 91.5 cm³/mol. The minimum absolute atomic E-state index is 0.0125. The van der Waals surface area contributed by atoms with Gasteiger partial charge in [-0.2, -0.15) is 0 Å². The van der Waals surface area contributed by atoms with E-state index in [1.54, 1.807) is 12.1 Å². The highest BCUT2D eigenvalue weighted by Gasteiger charge is 2.43. The van der Waals surface area contributed by atoms with Gasteiger partial charge in [0, 0.05) is 17.0 Å². The number of hydrogen-bond donors (Lipinski definition) is 2. The fourth-order valence-corrected chi connectivity index (χ4v) is 3.13. The number of fused-ring (bicyclic) bond motifs is 1. The van der Waals surface area contributed by atoms with Gasteiger partial charge in [0.2, 0.25) is 5.91 Å². The first kappa shape index (κ1) is 13.8. The molecule has 0 heterocycles. The lowest BCUT2D eigenvalue weighted by Crippen LogP contribution is -2.14. The Morgan fingerprint density at radius 3 is 2.52 bits per heavy atom. The van der Waals surface area contributed by atoms with Crippen molar-refractivity contribution >= 4 is 22.4 Å². The Bertz CT molecular complexity index is 865. The molecule has 2 atom stereocenters. The van der Waals surface area contributed by atoms with Crippen LogP contribution in [0.4, 0.5) is 5.69 Å². The zero-order valence-electron chi connectivity index (χ0n) is 12.6. The maximum atomic E-state index is 12.5. The van der Waals surface area contributed by atoms with Gasteiger partial charge in [0.15, 0.2) is 0 Å². The molecule has 3 aromatic carbocycles. The van der Waals surface area contributed by atoms with E-state index < -0.39 is 0 Å². The van der Waals surface area contributed by atoms with Crippen LogP contribution in [0.15, 0.2) is 66.7 Å². The number of benzene rings is 3. The molecule has 3 aromatic rings. The van der Waals surface area contributed by atoms with E-state index in [1.165, 1.54) is 0 Å². The average molecular weight is 303 g/mol. The van der Waals surface area contributed by atoms with E-state index in [0.29, 0.717) is 0 Å². The van der Waals surface area contributed by atoms with E-state index in [9.17, 15) is 9.90 Å². The van der Waals surface area contributed by atoms with Crippen LogP contribution in [-0.4, -0.2) is 11.0 Å². The Morgan fingerprint density at radius 1 is 0.957 bits per heavy atom. The third-order valence-electron chi connectivity index (χ3n) is 4.50. The number of carbonyl (C=O) groups excluding carboxylic acids is 1. The number of nitrogens with one attached hydrogen (secondary N) is 1. The highest BCUT2D eigenvalue weighted by atomic mass is 16.3. The lowest BCUT2D eigenvalue weighted by atomic mass is 10.1. The first-order chi connectivity index (χ1) is 11.2. The molecule has 114 valence electrons. The molecular formula is C20H17NO2. The molecule has 1 aliphatic rings. The summed E-state index contributed by atoms with van der Waals surface area (Å²) < 4.78 is 0. The minimum Gasteiger partial charge on any atom is -0.508 e. The molecule has 1 amide bonds. The van der Waals surface area contributed by atoms with Crippen LogP contribution in [0, 0.1) is 5.92 Å². The van der Waals surface area contributed by atoms with Gasteiger partial charge in [-0.05, 0) is 41.5 Å². The summed E-state index contributed by atoms with van der Waals surface area (Å²) in [5.74, 6) is 0.592. The third kappa shape index (κ3) is 2.66. The van der Waals surface area contributed by atoms with Gasteiger partial charge in [-0.3, -0.25) is 4.79 Å². The van der Waals surface area contributed by atoms with E-state index in [0.717, 1.165) is 28.4 Å². The highest BCUT2D eigenvalue weighted by molar-refractivity contribution is 6.03. The molecule has 23 heavy (non-hydrogen) atoms. The molecular weight excluding hydrogens is 286 g/mol. The molecule has 1 aliphatic carbocycles. The second-order valence-electron chi connectivity index (χ2n) is 6.06. The first-order valence-electron chi connectivity index (χ1n) is 7.80. The van der Waals surface area contributed by atoms with Crippen molar-refractivity contribution in [2.45, 2.75) is 12.3 Å². The average Bonchev–Trinajstić information content (AvgIpc) is 3.37. The summed E-state index contributed by atoms with van der Waals surface area (Å²) in [5, 5.41) is 14.6. The smallest absolute Gasteiger partial charge is 0.228 e. The summed E-state index contributed by atoms with van der Waals surface area (Å²) in [5.41, 5.74) is 1.98. The fraction of sp³-hybridized carbons (Fsp3) is 0.150. The van der Waals surface area contributed by atoms with Crippen LogP contribution in [0.5, 0.6) is 5.75 Å². The number of anilines is 1. The topological polar surface area (TPSA) is 49.3 Å². The van der Waals surface area contributed by atoms with Crippen LogP contribution in [0.1, 0.15) is 17.9 Å². The van der Waals surface area contributed by atoms with Gasteiger partial charge in [0.25, 0.3) is 0 Å². The second kappa shape index (κ2) is 5.43. The Labute approximate surface area is 134 Å². The van der Waals surface area contributed by atoms with Gasteiger partial charge < -0.3 is 10.4 Å². The summed E-state index contributed by atoms with van der Waals surface area (Å²) in [7, 11) is 0. The number of carbonyl (C=O) groups is 1. The number of amides is 1. The number of hydrogen-bond acceptors (Lipinski definition) is 2. The zero-order chi connectivity index (χ0) is 15.8. The maximum absolute atomic E-state index is 12.5. The predicted octanol–water partition coefficient (Wildman–Crippen LogP) is 4.29. The molecule has 1 saturated carbocycles. The van der Waals surface area contributed by atoms with E-state index in [-0.39, 0.29) is 23.5 Å². The summed E-state index contributed by atoms with van der Waals surface area (Å²) in [6, 6.07) is 21.1. The number of phenolic OH excluding ortho intramolecular Hbond substituents is 1. The lowest BCUT2D eigenvalue weighted by molar-refractivity contribution is -0.117. The SMILES string of the molecule is O=C(Nc1cccc2ccccc12)C1CC1c1ccc(O)cc1. The van der Waals surface area contributed by atoms with Crippen LogP contribution in [0.2, 0.25) is 0 Å². The molecule has 0 aliphatic heterocycles. The van der Waals surface area contributed by atoms with E-state index in [1.807, 2.05) is 54.6 Å². The van der Waals surface area contributed by atoms with Crippen LogP contribution < -0.4 is 5.32 Å². The molecule has 0 saturated heterocycles. The number of rotatable bonds is 3. The quantitative estimate of drug-likeness (QED) is 0.758.